The highest BCUT2D eigenvalue weighted by Crippen LogP contribution is 2.17. The third kappa shape index (κ3) is 2.66. The van der Waals surface area contributed by atoms with E-state index < -0.39 is 0 Å². The molecule has 0 spiro atoms. The molecule has 0 aliphatic carbocycles. The maximum atomic E-state index is 12.1. The summed E-state index contributed by atoms with van der Waals surface area (Å²) in [6.45, 7) is 4.95. The summed E-state index contributed by atoms with van der Waals surface area (Å²) in [6.07, 6.45) is 2.26. The van der Waals surface area contributed by atoms with Crippen LogP contribution in [0.1, 0.15) is 25.5 Å². The molecule has 2 rings (SSSR count). The molecule has 0 aromatic carbocycles. The maximum absolute atomic E-state index is 12.1. The number of piperidine rings is 1. The highest BCUT2D eigenvalue weighted by Gasteiger charge is 2.27. The van der Waals surface area contributed by atoms with E-state index in [1.54, 1.807) is 4.68 Å². The van der Waals surface area contributed by atoms with Gasteiger partial charge < -0.3 is 10.6 Å². The first-order valence-electron chi connectivity index (χ1n) is 6.13. The number of rotatable bonds is 2. The molecule has 0 radical (unpaired) electrons. The van der Waals surface area contributed by atoms with Gasteiger partial charge in [-0.05, 0) is 32.2 Å². The minimum atomic E-state index is -0.0843. The summed E-state index contributed by atoms with van der Waals surface area (Å²) in [6, 6.07) is 1.80. The van der Waals surface area contributed by atoms with E-state index in [1.165, 1.54) is 0 Å². The van der Waals surface area contributed by atoms with Crippen molar-refractivity contribution in [2.45, 2.75) is 32.7 Å². The Balaban J connectivity index is 2.03. The van der Waals surface area contributed by atoms with E-state index in [1.807, 2.05) is 20.0 Å². The fourth-order valence-corrected chi connectivity index (χ4v) is 2.33. The Hall–Kier alpha value is -1.36. The smallest absolute Gasteiger partial charge is 0.242 e. The predicted octanol–water partition coefficient (Wildman–Crippen LogP) is 1.06. The molecule has 5 nitrogen and oxygen atoms in total. The summed E-state index contributed by atoms with van der Waals surface area (Å²) in [5.74, 6) is 1.19. The van der Waals surface area contributed by atoms with Crippen molar-refractivity contribution in [3.05, 3.63) is 11.8 Å². The van der Waals surface area contributed by atoms with Gasteiger partial charge in [0.15, 0.2) is 0 Å². The van der Waals surface area contributed by atoms with Gasteiger partial charge >= 0.3 is 0 Å². The van der Waals surface area contributed by atoms with E-state index in [0.717, 1.165) is 30.9 Å². The summed E-state index contributed by atoms with van der Waals surface area (Å²) in [5.41, 5.74) is 0.910. The topological polar surface area (TPSA) is 59.0 Å². The van der Waals surface area contributed by atoms with E-state index in [-0.39, 0.29) is 11.9 Å². The number of hydrogen-bond donors (Lipinski definition) is 2. The van der Waals surface area contributed by atoms with Gasteiger partial charge in [0, 0.05) is 13.1 Å². The standard InChI is InChI=1S/C12H20N4O/c1-8-5-4-6-13-11(8)12(17)14-10-7-9(2)15-16(10)3/h7-8,11,13H,4-6H2,1-3H3,(H,14,17). The van der Waals surface area contributed by atoms with Crippen LogP contribution in [0.4, 0.5) is 5.82 Å². The first kappa shape index (κ1) is 12.1. The van der Waals surface area contributed by atoms with Crippen molar-refractivity contribution >= 4 is 11.7 Å². The number of amides is 1. The molecule has 2 unspecified atom stereocenters. The minimum absolute atomic E-state index is 0.0419. The van der Waals surface area contributed by atoms with Crippen LogP contribution < -0.4 is 10.6 Å². The number of nitrogens with one attached hydrogen (secondary N) is 2. The maximum Gasteiger partial charge on any atom is 0.242 e. The zero-order chi connectivity index (χ0) is 12.4. The average molecular weight is 236 g/mol. The molecule has 0 bridgehead atoms. The zero-order valence-corrected chi connectivity index (χ0v) is 10.7. The van der Waals surface area contributed by atoms with E-state index in [0.29, 0.717) is 5.92 Å². The molecular weight excluding hydrogens is 216 g/mol. The number of nitrogens with zero attached hydrogens (tertiary/aromatic N) is 2. The SMILES string of the molecule is Cc1cc(NC(=O)C2NCCCC2C)n(C)n1. The van der Waals surface area contributed by atoms with E-state index >= 15 is 0 Å². The number of carbonyl (C=O) groups excluding carboxylic acids is 1. The van der Waals surface area contributed by atoms with Crippen molar-refractivity contribution in [3.63, 3.8) is 0 Å². The molecule has 1 amide bonds. The van der Waals surface area contributed by atoms with Crippen LogP contribution in [0.2, 0.25) is 0 Å². The lowest BCUT2D eigenvalue weighted by Gasteiger charge is -2.28. The number of aromatic nitrogens is 2. The molecule has 1 aromatic heterocycles. The molecule has 0 saturated carbocycles. The Bertz CT molecular complexity index is 413. The third-order valence-electron chi connectivity index (χ3n) is 3.31. The molecule has 94 valence electrons. The van der Waals surface area contributed by atoms with E-state index in [9.17, 15) is 4.79 Å². The molecule has 1 aliphatic heterocycles. The molecule has 5 heteroatoms. The molecule has 2 atom stereocenters. The molecule has 1 saturated heterocycles. The summed E-state index contributed by atoms with van der Waals surface area (Å²) in [5, 5.41) is 10.4. The Morgan fingerprint density at radius 3 is 3.00 bits per heavy atom. The van der Waals surface area contributed by atoms with Gasteiger partial charge in [-0.2, -0.15) is 5.10 Å². The minimum Gasteiger partial charge on any atom is -0.310 e. The number of anilines is 1. The van der Waals surface area contributed by atoms with Gasteiger partial charge in [-0.3, -0.25) is 9.48 Å². The lowest BCUT2D eigenvalue weighted by molar-refractivity contribution is -0.119. The fourth-order valence-electron chi connectivity index (χ4n) is 2.33. The van der Waals surface area contributed by atoms with E-state index in [4.69, 9.17) is 0 Å². The van der Waals surface area contributed by atoms with Crippen LogP contribution in [0.25, 0.3) is 0 Å². The lowest BCUT2D eigenvalue weighted by Crippen LogP contribution is -2.48. The number of carbonyl (C=O) groups is 1. The van der Waals surface area contributed by atoms with Crippen LogP contribution in [0, 0.1) is 12.8 Å². The molecule has 1 aliphatic rings. The second kappa shape index (κ2) is 4.87. The third-order valence-corrected chi connectivity index (χ3v) is 3.31. The summed E-state index contributed by atoms with van der Waals surface area (Å²) in [7, 11) is 1.83. The van der Waals surface area contributed by atoms with Crippen molar-refractivity contribution in [1.29, 1.82) is 0 Å². The summed E-state index contributed by atoms with van der Waals surface area (Å²) in [4.78, 5) is 12.1. The number of hydrogen-bond acceptors (Lipinski definition) is 3. The van der Waals surface area contributed by atoms with Crippen LogP contribution in [0.15, 0.2) is 6.07 Å². The monoisotopic (exact) mass is 236 g/mol. The van der Waals surface area contributed by atoms with Crippen LogP contribution in [0.3, 0.4) is 0 Å². The molecule has 1 aromatic rings. The van der Waals surface area contributed by atoms with Crippen molar-refractivity contribution < 1.29 is 4.79 Å². The van der Waals surface area contributed by atoms with Gasteiger partial charge in [0.1, 0.15) is 5.82 Å². The van der Waals surface area contributed by atoms with Gasteiger partial charge in [0.25, 0.3) is 0 Å². The largest absolute Gasteiger partial charge is 0.310 e. The van der Waals surface area contributed by atoms with Gasteiger partial charge in [0.2, 0.25) is 5.91 Å². The van der Waals surface area contributed by atoms with Crippen LogP contribution in [0.5, 0.6) is 0 Å². The molecular formula is C12H20N4O. The number of aryl methyl sites for hydroxylation is 2. The van der Waals surface area contributed by atoms with Crippen LogP contribution in [-0.4, -0.2) is 28.3 Å². The molecule has 17 heavy (non-hydrogen) atoms. The normalized spacial score (nSPS) is 24.6. The average Bonchev–Trinajstić information content (AvgIpc) is 2.58. The van der Waals surface area contributed by atoms with Gasteiger partial charge in [-0.15, -0.1) is 0 Å². The molecule has 1 fully saturated rings. The summed E-state index contributed by atoms with van der Waals surface area (Å²) < 4.78 is 1.70. The second-order valence-electron chi connectivity index (χ2n) is 4.84. The van der Waals surface area contributed by atoms with Crippen molar-refractivity contribution in [2.24, 2.45) is 13.0 Å². The first-order valence-corrected chi connectivity index (χ1v) is 6.13. The fraction of sp³-hybridized carbons (Fsp3) is 0.667. The van der Waals surface area contributed by atoms with Gasteiger partial charge in [0.05, 0.1) is 11.7 Å². The predicted molar refractivity (Wildman–Crippen MR) is 66.8 cm³/mol. The highest BCUT2D eigenvalue weighted by molar-refractivity contribution is 5.94. The summed E-state index contributed by atoms with van der Waals surface area (Å²) >= 11 is 0. The quantitative estimate of drug-likeness (QED) is 0.807. The Kier molecular flexibility index (Phi) is 3.47. The van der Waals surface area contributed by atoms with Crippen molar-refractivity contribution in [2.75, 3.05) is 11.9 Å². The highest BCUT2D eigenvalue weighted by atomic mass is 16.2. The second-order valence-corrected chi connectivity index (χ2v) is 4.84. The first-order chi connectivity index (χ1) is 8.08. The zero-order valence-electron chi connectivity index (χ0n) is 10.7. The van der Waals surface area contributed by atoms with E-state index in [2.05, 4.69) is 22.7 Å². The van der Waals surface area contributed by atoms with Crippen molar-refractivity contribution in [3.8, 4) is 0 Å². The Labute approximate surface area is 102 Å². The van der Waals surface area contributed by atoms with Crippen LogP contribution in [-0.2, 0) is 11.8 Å². The Morgan fingerprint density at radius 2 is 2.41 bits per heavy atom. The van der Waals surface area contributed by atoms with Gasteiger partial charge in [-0.1, -0.05) is 6.92 Å². The lowest BCUT2D eigenvalue weighted by atomic mass is 9.92. The molecule has 2 N–H and O–H groups in total. The van der Waals surface area contributed by atoms with Gasteiger partial charge in [-0.25, -0.2) is 0 Å². The Morgan fingerprint density at radius 1 is 1.65 bits per heavy atom. The van der Waals surface area contributed by atoms with Crippen molar-refractivity contribution in [1.82, 2.24) is 15.1 Å². The molecule has 2 heterocycles. The van der Waals surface area contributed by atoms with Crippen LogP contribution >= 0.6 is 0 Å².